The van der Waals surface area contributed by atoms with Crippen LogP contribution in [0.5, 0.6) is 17.2 Å². The van der Waals surface area contributed by atoms with Crippen LogP contribution in [-0.2, 0) is 6.61 Å². The van der Waals surface area contributed by atoms with Crippen molar-refractivity contribution in [3.05, 3.63) is 50.6 Å². The van der Waals surface area contributed by atoms with Gasteiger partial charge in [0.05, 0.1) is 23.4 Å². The standard InChI is InChI=1S/C17H16ClIO4/c1-10-12(17(18)20)14(21-2)16(22-3)15(13(10)19)23-9-11-7-5-4-6-8-11/h4-8H,9H2,1-3H3. The minimum atomic E-state index is -0.592. The molecule has 0 aromatic heterocycles. The van der Waals surface area contributed by atoms with Gasteiger partial charge in [0, 0.05) is 0 Å². The molecule has 0 bridgehead atoms. The van der Waals surface area contributed by atoms with Gasteiger partial charge in [0.15, 0.2) is 11.5 Å². The Hall–Kier alpha value is -1.47. The van der Waals surface area contributed by atoms with Crippen LogP contribution >= 0.6 is 34.2 Å². The van der Waals surface area contributed by atoms with E-state index >= 15 is 0 Å². The SMILES string of the molecule is COc1c(OCc2ccccc2)c(I)c(C)c(C(=O)Cl)c1OC. The molecule has 2 aromatic carbocycles. The van der Waals surface area contributed by atoms with E-state index in [-0.39, 0.29) is 5.75 Å². The predicted molar refractivity (Wildman–Crippen MR) is 98.0 cm³/mol. The lowest BCUT2D eigenvalue weighted by molar-refractivity contribution is 0.107. The van der Waals surface area contributed by atoms with E-state index in [1.54, 1.807) is 6.92 Å². The lowest BCUT2D eigenvalue weighted by Crippen LogP contribution is -2.07. The number of ether oxygens (including phenoxy) is 3. The lowest BCUT2D eigenvalue weighted by Gasteiger charge is -2.19. The van der Waals surface area contributed by atoms with Gasteiger partial charge in [0.25, 0.3) is 5.24 Å². The van der Waals surface area contributed by atoms with E-state index < -0.39 is 5.24 Å². The molecule has 0 aliphatic heterocycles. The molecule has 2 aromatic rings. The van der Waals surface area contributed by atoms with Crippen LogP contribution in [0.15, 0.2) is 30.3 Å². The van der Waals surface area contributed by atoms with Gasteiger partial charge >= 0.3 is 0 Å². The molecule has 0 aliphatic rings. The highest BCUT2D eigenvalue weighted by Crippen LogP contribution is 2.46. The Kier molecular flexibility index (Phi) is 6.12. The fourth-order valence-electron chi connectivity index (χ4n) is 2.24. The molecular weight excluding hydrogens is 431 g/mol. The Morgan fingerprint density at radius 3 is 2.22 bits per heavy atom. The van der Waals surface area contributed by atoms with Crippen LogP contribution < -0.4 is 14.2 Å². The fraction of sp³-hybridized carbons (Fsp3) is 0.235. The second-order valence-corrected chi connectivity index (χ2v) is 6.18. The van der Waals surface area contributed by atoms with Crippen molar-refractivity contribution in [1.82, 2.24) is 0 Å². The molecule has 0 unspecified atom stereocenters. The maximum Gasteiger partial charge on any atom is 0.256 e. The Balaban J connectivity index is 2.50. The topological polar surface area (TPSA) is 44.8 Å². The summed E-state index contributed by atoms with van der Waals surface area (Å²) in [7, 11) is 2.97. The van der Waals surface area contributed by atoms with Crippen LogP contribution in [0, 0.1) is 10.5 Å². The lowest BCUT2D eigenvalue weighted by atomic mass is 10.1. The molecule has 0 atom stereocenters. The molecule has 0 amide bonds. The van der Waals surface area contributed by atoms with Crippen molar-refractivity contribution in [3.8, 4) is 17.2 Å². The van der Waals surface area contributed by atoms with E-state index in [0.29, 0.717) is 29.2 Å². The van der Waals surface area contributed by atoms with Crippen LogP contribution in [-0.4, -0.2) is 19.5 Å². The van der Waals surface area contributed by atoms with Gasteiger partial charge in [-0.3, -0.25) is 4.79 Å². The van der Waals surface area contributed by atoms with E-state index in [0.717, 1.165) is 9.13 Å². The minimum absolute atomic E-state index is 0.286. The van der Waals surface area contributed by atoms with Gasteiger partial charge in [0.2, 0.25) is 5.75 Å². The number of halogens is 2. The van der Waals surface area contributed by atoms with Gasteiger partial charge in [-0.25, -0.2) is 0 Å². The quantitative estimate of drug-likeness (QED) is 0.481. The summed E-state index contributed by atoms with van der Waals surface area (Å²) >= 11 is 7.82. The molecule has 0 fully saturated rings. The highest BCUT2D eigenvalue weighted by Gasteiger charge is 2.26. The number of carbonyl (C=O) groups excluding carboxylic acids is 1. The summed E-state index contributed by atoms with van der Waals surface area (Å²) in [5.74, 6) is 1.18. The largest absolute Gasteiger partial charge is 0.492 e. The summed E-state index contributed by atoms with van der Waals surface area (Å²) in [4.78, 5) is 11.7. The molecule has 4 nitrogen and oxygen atoms in total. The van der Waals surface area contributed by atoms with Gasteiger partial charge in [0.1, 0.15) is 6.61 Å². The van der Waals surface area contributed by atoms with Crippen LogP contribution in [0.25, 0.3) is 0 Å². The third-order valence-electron chi connectivity index (χ3n) is 3.37. The highest BCUT2D eigenvalue weighted by atomic mass is 127. The van der Waals surface area contributed by atoms with Crippen molar-refractivity contribution >= 4 is 39.4 Å². The van der Waals surface area contributed by atoms with Gasteiger partial charge in [-0.1, -0.05) is 30.3 Å². The van der Waals surface area contributed by atoms with Crippen LogP contribution in [0.2, 0.25) is 0 Å². The summed E-state index contributed by atoms with van der Waals surface area (Å²) in [5, 5.41) is -0.592. The molecule has 0 spiro atoms. The number of hydrogen-bond donors (Lipinski definition) is 0. The van der Waals surface area contributed by atoms with Gasteiger partial charge in [-0.2, -0.15) is 0 Å². The van der Waals surface area contributed by atoms with Gasteiger partial charge < -0.3 is 14.2 Å². The number of carbonyl (C=O) groups is 1. The van der Waals surface area contributed by atoms with Crippen LogP contribution in [0.4, 0.5) is 0 Å². The van der Waals surface area contributed by atoms with E-state index in [9.17, 15) is 4.79 Å². The zero-order chi connectivity index (χ0) is 17.0. The number of hydrogen-bond acceptors (Lipinski definition) is 4. The smallest absolute Gasteiger partial charge is 0.256 e. The summed E-state index contributed by atoms with van der Waals surface area (Å²) in [6.07, 6.45) is 0. The Morgan fingerprint density at radius 1 is 1.09 bits per heavy atom. The zero-order valence-corrected chi connectivity index (χ0v) is 15.9. The van der Waals surface area contributed by atoms with Crippen molar-refractivity contribution in [2.75, 3.05) is 14.2 Å². The average molecular weight is 447 g/mol. The van der Waals surface area contributed by atoms with Gasteiger partial charge in [-0.05, 0) is 52.2 Å². The normalized spacial score (nSPS) is 10.3. The van der Waals surface area contributed by atoms with E-state index in [4.69, 9.17) is 25.8 Å². The number of methoxy groups -OCH3 is 2. The number of rotatable bonds is 6. The molecule has 122 valence electrons. The molecule has 2 rings (SSSR count). The van der Waals surface area contributed by atoms with Crippen molar-refractivity contribution in [1.29, 1.82) is 0 Å². The monoisotopic (exact) mass is 446 g/mol. The second kappa shape index (κ2) is 7.88. The van der Waals surface area contributed by atoms with Crippen molar-refractivity contribution in [2.45, 2.75) is 13.5 Å². The third kappa shape index (κ3) is 3.72. The summed E-state index contributed by atoms with van der Waals surface area (Å²) in [5.41, 5.74) is 2.02. The first-order valence-corrected chi connectivity index (χ1v) is 8.27. The van der Waals surface area contributed by atoms with E-state index in [1.165, 1.54) is 14.2 Å². The zero-order valence-electron chi connectivity index (χ0n) is 13.0. The Morgan fingerprint density at radius 2 is 1.70 bits per heavy atom. The van der Waals surface area contributed by atoms with Crippen molar-refractivity contribution in [2.24, 2.45) is 0 Å². The molecular formula is C17H16ClIO4. The molecule has 0 N–H and O–H groups in total. The molecule has 0 aliphatic carbocycles. The summed E-state index contributed by atoms with van der Waals surface area (Å²) in [6.45, 7) is 2.18. The highest BCUT2D eigenvalue weighted by molar-refractivity contribution is 14.1. The molecule has 0 saturated heterocycles. The van der Waals surface area contributed by atoms with Crippen molar-refractivity contribution in [3.63, 3.8) is 0 Å². The third-order valence-corrected chi connectivity index (χ3v) is 4.86. The number of benzene rings is 2. The average Bonchev–Trinajstić information content (AvgIpc) is 2.56. The molecule has 6 heteroatoms. The van der Waals surface area contributed by atoms with Crippen molar-refractivity contribution < 1.29 is 19.0 Å². The fourth-order valence-corrected chi connectivity index (χ4v) is 3.14. The minimum Gasteiger partial charge on any atom is -0.492 e. The predicted octanol–water partition coefficient (Wildman–Crippen LogP) is 4.57. The maximum absolute atomic E-state index is 11.7. The van der Waals surface area contributed by atoms with E-state index in [1.807, 2.05) is 30.3 Å². The van der Waals surface area contributed by atoms with Crippen LogP contribution in [0.3, 0.4) is 0 Å². The second-order valence-electron chi connectivity index (χ2n) is 4.76. The Bertz CT molecular complexity index is 717. The first-order chi connectivity index (χ1) is 11.0. The first kappa shape index (κ1) is 17.9. The molecule has 0 radical (unpaired) electrons. The van der Waals surface area contributed by atoms with E-state index in [2.05, 4.69) is 22.6 Å². The van der Waals surface area contributed by atoms with Crippen LogP contribution in [0.1, 0.15) is 21.5 Å². The molecule has 0 heterocycles. The molecule has 0 saturated carbocycles. The summed E-state index contributed by atoms with van der Waals surface area (Å²) in [6, 6.07) is 9.78. The Labute approximate surface area is 153 Å². The van der Waals surface area contributed by atoms with Gasteiger partial charge in [-0.15, -0.1) is 0 Å². The maximum atomic E-state index is 11.7. The first-order valence-electron chi connectivity index (χ1n) is 6.81. The summed E-state index contributed by atoms with van der Waals surface area (Å²) < 4.78 is 17.5. The molecule has 23 heavy (non-hydrogen) atoms.